The fraction of sp³-hybridized carbons (Fsp3) is 0.429. The van der Waals surface area contributed by atoms with Crippen LogP contribution in [0.2, 0.25) is 0 Å². The summed E-state index contributed by atoms with van der Waals surface area (Å²) in [5.41, 5.74) is -0.202. The maximum absolute atomic E-state index is 11.5. The van der Waals surface area contributed by atoms with Crippen LogP contribution in [0.4, 0.5) is 0 Å². The molecule has 1 aromatic heterocycles. The van der Waals surface area contributed by atoms with Crippen LogP contribution in [0.5, 0.6) is 5.75 Å². The van der Waals surface area contributed by atoms with Gasteiger partial charge in [0.1, 0.15) is 5.75 Å². The van der Waals surface area contributed by atoms with Gasteiger partial charge in [-0.2, -0.15) is 0 Å². The summed E-state index contributed by atoms with van der Waals surface area (Å²) in [6.45, 7) is 3.41. The number of hydrogen-bond acceptors (Lipinski definition) is 5. The molecule has 0 saturated carbocycles. The Kier molecular flexibility index (Phi) is 4.21. The van der Waals surface area contributed by atoms with Gasteiger partial charge in [0.15, 0.2) is 11.4 Å². The molecule has 21 heavy (non-hydrogen) atoms. The molecule has 0 saturated heterocycles. The fourth-order valence-corrected chi connectivity index (χ4v) is 2.06. The van der Waals surface area contributed by atoms with Gasteiger partial charge in [-0.05, 0) is 41.5 Å². The zero-order valence-corrected chi connectivity index (χ0v) is 12.3. The highest BCUT2D eigenvalue weighted by molar-refractivity contribution is 5.76. The second kappa shape index (κ2) is 5.90. The number of aliphatic carboxylic acids is 1. The lowest BCUT2D eigenvalue weighted by molar-refractivity contribution is -0.147. The summed E-state index contributed by atoms with van der Waals surface area (Å²) in [5.74, 6) is 0.294. The van der Waals surface area contributed by atoms with E-state index in [2.05, 4.69) is 15.5 Å². The number of carbonyl (C=O) groups is 1. The summed E-state index contributed by atoms with van der Waals surface area (Å²) >= 11 is 0. The third-order valence-electron chi connectivity index (χ3n) is 3.65. The predicted molar refractivity (Wildman–Crippen MR) is 75.2 cm³/mol. The quantitative estimate of drug-likeness (QED) is 0.866. The third kappa shape index (κ3) is 2.86. The molecular formula is C14H18N4O3. The molecule has 0 spiro atoms. The summed E-state index contributed by atoms with van der Waals surface area (Å²) in [5, 5.41) is 20.9. The van der Waals surface area contributed by atoms with Crippen molar-refractivity contribution in [1.29, 1.82) is 0 Å². The summed E-state index contributed by atoms with van der Waals surface area (Å²) in [6, 6.07) is 7.52. The first-order valence-corrected chi connectivity index (χ1v) is 6.65. The molecule has 0 fully saturated rings. The molecule has 7 heteroatoms. The molecule has 0 amide bonds. The van der Waals surface area contributed by atoms with E-state index in [0.29, 0.717) is 18.7 Å². The van der Waals surface area contributed by atoms with E-state index in [1.165, 1.54) is 4.68 Å². The molecule has 1 unspecified atom stereocenters. The van der Waals surface area contributed by atoms with Crippen molar-refractivity contribution >= 4 is 5.97 Å². The molecule has 0 radical (unpaired) electrons. The van der Waals surface area contributed by atoms with E-state index in [-0.39, 0.29) is 0 Å². The van der Waals surface area contributed by atoms with Gasteiger partial charge >= 0.3 is 5.97 Å². The molecule has 7 nitrogen and oxygen atoms in total. The van der Waals surface area contributed by atoms with E-state index < -0.39 is 11.5 Å². The van der Waals surface area contributed by atoms with Gasteiger partial charge in [0.05, 0.1) is 7.11 Å². The number of benzene rings is 1. The minimum Gasteiger partial charge on any atom is -0.497 e. The smallest absolute Gasteiger partial charge is 0.331 e. The second-order valence-electron chi connectivity index (χ2n) is 4.97. The van der Waals surface area contributed by atoms with Crippen molar-refractivity contribution in [3.05, 3.63) is 35.7 Å². The van der Waals surface area contributed by atoms with E-state index >= 15 is 0 Å². The van der Waals surface area contributed by atoms with Crippen LogP contribution in [0.15, 0.2) is 24.3 Å². The Bertz CT molecular complexity index is 641. The Hall–Kier alpha value is -2.44. The average molecular weight is 290 g/mol. The number of rotatable bonds is 6. The van der Waals surface area contributed by atoms with Crippen molar-refractivity contribution in [2.24, 2.45) is 0 Å². The molecule has 1 N–H and O–H groups in total. The monoisotopic (exact) mass is 290 g/mol. The normalized spacial score (nSPS) is 13.7. The average Bonchev–Trinajstić information content (AvgIpc) is 2.95. The summed E-state index contributed by atoms with van der Waals surface area (Å²) in [6.07, 6.45) is 0.825. The first kappa shape index (κ1) is 15.0. The molecule has 1 heterocycles. The van der Waals surface area contributed by atoms with Crippen LogP contribution in [0.25, 0.3) is 0 Å². The maximum atomic E-state index is 11.5. The highest BCUT2D eigenvalue weighted by Gasteiger charge is 2.36. The lowest BCUT2D eigenvalue weighted by Crippen LogP contribution is -2.40. The molecule has 112 valence electrons. The highest BCUT2D eigenvalue weighted by Crippen LogP contribution is 2.22. The Balaban J connectivity index is 2.34. The number of methoxy groups -OCH3 is 1. The van der Waals surface area contributed by atoms with Crippen LogP contribution in [0, 0.1) is 0 Å². The van der Waals surface area contributed by atoms with Crippen LogP contribution < -0.4 is 4.74 Å². The third-order valence-corrected chi connectivity index (χ3v) is 3.65. The van der Waals surface area contributed by atoms with E-state index in [1.54, 1.807) is 21.0 Å². The van der Waals surface area contributed by atoms with Crippen molar-refractivity contribution in [3.8, 4) is 5.75 Å². The van der Waals surface area contributed by atoms with Crippen molar-refractivity contribution in [1.82, 2.24) is 20.2 Å². The molecule has 2 aromatic rings. The Morgan fingerprint density at radius 2 is 2.24 bits per heavy atom. The van der Waals surface area contributed by atoms with Gasteiger partial charge in [-0.1, -0.05) is 19.1 Å². The van der Waals surface area contributed by atoms with E-state index in [0.717, 1.165) is 11.3 Å². The molecule has 0 aliphatic carbocycles. The highest BCUT2D eigenvalue weighted by atomic mass is 16.5. The molecule has 1 aromatic carbocycles. The van der Waals surface area contributed by atoms with Gasteiger partial charge < -0.3 is 9.84 Å². The lowest BCUT2D eigenvalue weighted by atomic mass is 9.99. The number of carboxylic acids is 1. The molecule has 0 aliphatic heterocycles. The molecule has 2 rings (SSSR count). The van der Waals surface area contributed by atoms with Gasteiger partial charge in [-0.3, -0.25) is 0 Å². The first-order chi connectivity index (χ1) is 10.0. The number of hydrogen-bond donors (Lipinski definition) is 1. The van der Waals surface area contributed by atoms with Crippen LogP contribution in [0.1, 0.15) is 31.7 Å². The zero-order valence-electron chi connectivity index (χ0n) is 12.3. The Morgan fingerprint density at radius 1 is 1.48 bits per heavy atom. The zero-order chi connectivity index (χ0) is 15.5. The van der Waals surface area contributed by atoms with Crippen molar-refractivity contribution < 1.29 is 14.6 Å². The van der Waals surface area contributed by atoms with Crippen LogP contribution >= 0.6 is 0 Å². The Morgan fingerprint density at radius 3 is 2.86 bits per heavy atom. The largest absolute Gasteiger partial charge is 0.497 e. The summed E-state index contributed by atoms with van der Waals surface area (Å²) in [4.78, 5) is 11.5. The first-order valence-electron chi connectivity index (χ1n) is 6.65. The van der Waals surface area contributed by atoms with Gasteiger partial charge in [0.2, 0.25) is 0 Å². The van der Waals surface area contributed by atoms with E-state index in [9.17, 15) is 9.90 Å². The number of nitrogens with zero attached hydrogens (tertiary/aromatic N) is 4. The lowest BCUT2D eigenvalue weighted by Gasteiger charge is -2.24. The summed E-state index contributed by atoms with van der Waals surface area (Å²) < 4.78 is 6.56. The van der Waals surface area contributed by atoms with Crippen LogP contribution in [-0.4, -0.2) is 38.4 Å². The maximum Gasteiger partial charge on any atom is 0.331 e. The topological polar surface area (TPSA) is 90.1 Å². The number of tetrazole rings is 1. The predicted octanol–water partition coefficient (Wildman–Crippen LogP) is 1.48. The van der Waals surface area contributed by atoms with Gasteiger partial charge in [-0.15, -0.1) is 5.10 Å². The molecular weight excluding hydrogens is 272 g/mol. The molecule has 0 aliphatic rings. The standard InChI is InChI=1S/C14H18N4O3/c1-4-14(2,13(19)20)18-12(15-16-17-18)9-10-6-5-7-11(8-10)21-3/h5-8H,4,9H2,1-3H3,(H,19,20). The second-order valence-corrected chi connectivity index (χ2v) is 4.97. The van der Waals surface area contributed by atoms with Crippen molar-refractivity contribution in [3.63, 3.8) is 0 Å². The van der Waals surface area contributed by atoms with Gasteiger partial charge in [-0.25, -0.2) is 9.48 Å². The van der Waals surface area contributed by atoms with Crippen molar-refractivity contribution in [2.75, 3.05) is 7.11 Å². The summed E-state index contributed by atoms with van der Waals surface area (Å²) in [7, 11) is 1.60. The van der Waals surface area contributed by atoms with Crippen molar-refractivity contribution in [2.45, 2.75) is 32.2 Å². The van der Waals surface area contributed by atoms with Crippen LogP contribution in [-0.2, 0) is 16.8 Å². The molecule has 1 atom stereocenters. The number of carboxylic acid groups (broad SMARTS) is 1. The van der Waals surface area contributed by atoms with E-state index in [1.807, 2.05) is 24.3 Å². The fourth-order valence-electron chi connectivity index (χ4n) is 2.06. The SMILES string of the molecule is CCC(C)(C(=O)O)n1nnnc1Cc1cccc(OC)c1. The number of ether oxygens (including phenoxy) is 1. The van der Waals surface area contributed by atoms with Gasteiger partial charge in [0, 0.05) is 6.42 Å². The molecule has 0 bridgehead atoms. The van der Waals surface area contributed by atoms with E-state index in [4.69, 9.17) is 4.74 Å². The van der Waals surface area contributed by atoms with Crippen LogP contribution in [0.3, 0.4) is 0 Å². The number of aromatic nitrogens is 4. The minimum absolute atomic E-state index is 0.387. The van der Waals surface area contributed by atoms with Gasteiger partial charge in [0.25, 0.3) is 0 Å². The minimum atomic E-state index is -1.16. The Labute approximate surface area is 122 Å².